The second-order valence-corrected chi connectivity index (χ2v) is 6.45. The second-order valence-electron chi connectivity index (χ2n) is 3.83. The van der Waals surface area contributed by atoms with E-state index < -0.39 is 14.6 Å². The van der Waals surface area contributed by atoms with E-state index in [1.54, 1.807) is 0 Å². The highest BCUT2D eigenvalue weighted by Gasteiger charge is 2.28. The molecule has 0 aromatic carbocycles. The van der Waals surface area contributed by atoms with Gasteiger partial charge in [-0.2, -0.15) is 0 Å². The number of hydrogen-bond donors (Lipinski definition) is 0. The lowest BCUT2D eigenvalue weighted by Gasteiger charge is -2.23. The van der Waals surface area contributed by atoms with Crippen LogP contribution in [0.25, 0.3) is 0 Å². The Morgan fingerprint density at radius 2 is 1.42 bits per heavy atom. The molecule has 0 unspecified atom stereocenters. The quantitative estimate of drug-likeness (QED) is 0.615. The van der Waals surface area contributed by atoms with E-state index in [0.717, 1.165) is 0 Å². The number of carbonyl (C=O) groups is 2. The Morgan fingerprint density at radius 3 is 1.50 bits per heavy atom. The van der Waals surface area contributed by atoms with E-state index in [2.05, 4.69) is 0 Å². The fraction of sp³-hybridized carbons (Fsp3) is 0.750. The minimum Gasteiger partial charge on any atom is -0.401 e. The Kier molecular flexibility index (Phi) is 3.80. The first-order chi connectivity index (χ1) is 5.24. The molecule has 70 valence electrons. The summed E-state index contributed by atoms with van der Waals surface area (Å²) in [7, 11) is -2.28. The Morgan fingerprint density at radius 1 is 1.08 bits per heavy atom. The van der Waals surface area contributed by atoms with Gasteiger partial charge in [0.25, 0.3) is 0 Å². The Labute approximate surface area is 74.8 Å². The van der Waals surface area contributed by atoms with Crippen molar-refractivity contribution in [3.63, 3.8) is 0 Å². The fourth-order valence-corrected chi connectivity index (χ4v) is 2.42. The van der Waals surface area contributed by atoms with Gasteiger partial charge in [-0.1, -0.05) is 0 Å². The largest absolute Gasteiger partial charge is 0.401 e. The molecule has 0 radical (unpaired) electrons. The minimum absolute atomic E-state index is 0.0996. The van der Waals surface area contributed by atoms with Crippen molar-refractivity contribution in [3.8, 4) is 0 Å². The van der Waals surface area contributed by atoms with E-state index >= 15 is 0 Å². The molecule has 0 aliphatic rings. The van der Waals surface area contributed by atoms with Crippen LogP contribution in [0.15, 0.2) is 0 Å². The summed E-state index contributed by atoms with van der Waals surface area (Å²) in [6.45, 7) is 8.38. The highest BCUT2D eigenvalue weighted by molar-refractivity contribution is 7.06. The highest BCUT2D eigenvalue weighted by atomic mass is 28.3. The van der Waals surface area contributed by atoms with Gasteiger partial charge >= 0.3 is 9.04 Å². The number of carbonyl (C=O) groups excluding carboxylic acids is 2. The van der Waals surface area contributed by atoms with Crippen LogP contribution in [-0.4, -0.2) is 25.5 Å². The molecule has 0 rings (SSSR count). The summed E-state index contributed by atoms with van der Waals surface area (Å²) >= 11 is 0. The molecule has 12 heavy (non-hydrogen) atoms. The molecular formula is C8H16O3Si. The molecule has 0 heterocycles. The lowest BCUT2D eigenvalue weighted by atomic mass is 10.2. The van der Waals surface area contributed by atoms with Gasteiger partial charge < -0.3 is 14.0 Å². The van der Waals surface area contributed by atoms with Crippen molar-refractivity contribution < 1.29 is 14.0 Å². The Balaban J connectivity index is 4.35. The molecule has 0 bridgehead atoms. The smallest absolute Gasteiger partial charge is 0.319 e. The van der Waals surface area contributed by atoms with Crippen LogP contribution in [0.3, 0.4) is 0 Å². The SMILES string of the molecule is CC(=O)[SiH](OC(C)(C)C)C(C)=O. The predicted molar refractivity (Wildman–Crippen MR) is 49.3 cm³/mol. The van der Waals surface area contributed by atoms with Crippen LogP contribution in [0.5, 0.6) is 0 Å². The molecule has 0 saturated heterocycles. The first-order valence-corrected chi connectivity index (χ1v) is 5.55. The molecule has 0 fully saturated rings. The van der Waals surface area contributed by atoms with Gasteiger partial charge in [0.2, 0.25) is 0 Å². The third-order valence-corrected chi connectivity index (χ3v) is 3.63. The van der Waals surface area contributed by atoms with Crippen LogP contribution in [0.1, 0.15) is 34.6 Å². The summed E-state index contributed by atoms with van der Waals surface area (Å²) in [5.74, 6) is 0. The molecule has 4 heteroatoms. The lowest BCUT2D eigenvalue weighted by molar-refractivity contribution is -0.116. The topological polar surface area (TPSA) is 43.4 Å². The van der Waals surface area contributed by atoms with Gasteiger partial charge in [-0.3, -0.25) is 0 Å². The predicted octanol–water partition coefficient (Wildman–Crippen LogP) is 0.782. The monoisotopic (exact) mass is 188 g/mol. The van der Waals surface area contributed by atoms with Crippen LogP contribution in [0.2, 0.25) is 0 Å². The van der Waals surface area contributed by atoms with E-state index in [-0.39, 0.29) is 10.8 Å². The van der Waals surface area contributed by atoms with Gasteiger partial charge in [0.15, 0.2) is 0 Å². The van der Waals surface area contributed by atoms with Crippen molar-refractivity contribution >= 4 is 19.9 Å². The molecular weight excluding hydrogens is 172 g/mol. The first kappa shape index (κ1) is 11.5. The third-order valence-electron chi connectivity index (χ3n) is 1.21. The molecule has 0 spiro atoms. The van der Waals surface area contributed by atoms with E-state index in [4.69, 9.17) is 4.43 Å². The maximum absolute atomic E-state index is 11.0. The van der Waals surface area contributed by atoms with Gasteiger partial charge in [0.1, 0.15) is 10.8 Å². The summed E-state index contributed by atoms with van der Waals surface area (Å²) in [6.07, 6.45) is 0. The molecule has 0 saturated carbocycles. The highest BCUT2D eigenvalue weighted by Crippen LogP contribution is 2.09. The summed E-state index contributed by atoms with van der Waals surface area (Å²) < 4.78 is 5.40. The molecule has 0 amide bonds. The zero-order valence-corrected chi connectivity index (χ0v) is 9.46. The van der Waals surface area contributed by atoms with Crippen LogP contribution >= 0.6 is 0 Å². The summed E-state index contributed by atoms with van der Waals surface area (Å²) in [4.78, 5) is 22.0. The molecule has 0 N–H and O–H groups in total. The van der Waals surface area contributed by atoms with Crippen LogP contribution in [0, 0.1) is 0 Å². The number of rotatable bonds is 3. The zero-order valence-electron chi connectivity index (χ0n) is 8.30. The van der Waals surface area contributed by atoms with E-state index in [9.17, 15) is 9.59 Å². The lowest BCUT2D eigenvalue weighted by Crippen LogP contribution is -2.41. The number of hydrogen-bond acceptors (Lipinski definition) is 3. The van der Waals surface area contributed by atoms with Crippen LogP contribution in [-0.2, 0) is 14.0 Å². The van der Waals surface area contributed by atoms with E-state index in [0.29, 0.717) is 0 Å². The standard InChI is InChI=1S/C8H16O3Si/c1-6(9)12(7(2)10)11-8(3,4)5/h12H,1-5H3. The third kappa shape index (κ3) is 4.41. The van der Waals surface area contributed by atoms with Crippen molar-refractivity contribution in [3.05, 3.63) is 0 Å². The van der Waals surface area contributed by atoms with Gasteiger partial charge in [-0.25, -0.2) is 0 Å². The van der Waals surface area contributed by atoms with Crippen molar-refractivity contribution in [2.75, 3.05) is 0 Å². The van der Waals surface area contributed by atoms with Crippen LogP contribution in [0.4, 0.5) is 0 Å². The second kappa shape index (κ2) is 3.96. The van der Waals surface area contributed by atoms with Gasteiger partial charge in [0, 0.05) is 5.60 Å². The first-order valence-electron chi connectivity index (χ1n) is 3.93. The summed E-state index contributed by atoms with van der Waals surface area (Å²) in [6, 6.07) is 0. The zero-order chi connectivity index (χ0) is 9.94. The van der Waals surface area contributed by atoms with Gasteiger partial charge in [-0.15, -0.1) is 0 Å². The normalized spacial score (nSPS) is 11.8. The average Bonchev–Trinajstić information content (AvgIpc) is 1.79. The minimum atomic E-state index is -2.28. The van der Waals surface area contributed by atoms with Gasteiger partial charge in [-0.05, 0) is 34.6 Å². The Bertz CT molecular complexity index is 179. The van der Waals surface area contributed by atoms with Gasteiger partial charge in [0.05, 0.1) is 0 Å². The molecule has 0 aliphatic carbocycles. The molecule has 0 aliphatic heterocycles. The summed E-state index contributed by atoms with van der Waals surface area (Å²) in [5, 5.41) is -0.199. The average molecular weight is 188 g/mol. The molecule has 3 nitrogen and oxygen atoms in total. The van der Waals surface area contributed by atoms with Crippen molar-refractivity contribution in [2.24, 2.45) is 0 Å². The van der Waals surface area contributed by atoms with Crippen molar-refractivity contribution in [2.45, 2.75) is 40.2 Å². The molecule has 0 aromatic rings. The van der Waals surface area contributed by atoms with Crippen molar-refractivity contribution in [1.82, 2.24) is 0 Å². The van der Waals surface area contributed by atoms with E-state index in [1.807, 2.05) is 20.8 Å². The van der Waals surface area contributed by atoms with Crippen LogP contribution < -0.4 is 0 Å². The maximum atomic E-state index is 11.0. The Hall–Kier alpha value is -0.483. The molecule has 0 aromatic heterocycles. The summed E-state index contributed by atoms with van der Waals surface area (Å²) in [5.41, 5.74) is -0.395. The molecule has 0 atom stereocenters. The van der Waals surface area contributed by atoms with E-state index in [1.165, 1.54) is 13.8 Å². The fourth-order valence-electron chi connectivity index (χ4n) is 0.806. The maximum Gasteiger partial charge on any atom is 0.319 e. The van der Waals surface area contributed by atoms with Crippen molar-refractivity contribution in [1.29, 1.82) is 0 Å².